The van der Waals surface area contributed by atoms with Gasteiger partial charge in [-0.05, 0) is 48.0 Å². The molecule has 1 N–H and O–H groups in total. The van der Waals surface area contributed by atoms with Gasteiger partial charge in [0, 0.05) is 5.69 Å². The minimum absolute atomic E-state index is 0.121. The highest BCUT2D eigenvalue weighted by molar-refractivity contribution is 6.42. The summed E-state index contributed by atoms with van der Waals surface area (Å²) in [7, 11) is 0. The molecule has 0 heterocycles. The van der Waals surface area contributed by atoms with E-state index < -0.39 is 0 Å². The number of carbonyl (C=O) groups is 1. The SMILES string of the molecule is O=C(COc1ccc(OCc2ccccc2)cc1)Nc1ccc(Cl)c(Cl)c1. The lowest BCUT2D eigenvalue weighted by atomic mass is 10.2. The van der Waals surface area contributed by atoms with Crippen LogP contribution in [0.15, 0.2) is 72.8 Å². The van der Waals surface area contributed by atoms with E-state index in [1.54, 1.807) is 42.5 Å². The Balaban J connectivity index is 1.46. The maximum Gasteiger partial charge on any atom is 0.262 e. The van der Waals surface area contributed by atoms with Crippen molar-refractivity contribution in [2.24, 2.45) is 0 Å². The summed E-state index contributed by atoms with van der Waals surface area (Å²) in [6.45, 7) is 0.373. The topological polar surface area (TPSA) is 47.6 Å². The van der Waals surface area contributed by atoms with E-state index in [1.807, 2.05) is 30.3 Å². The van der Waals surface area contributed by atoms with Crippen LogP contribution >= 0.6 is 23.2 Å². The van der Waals surface area contributed by atoms with Crippen molar-refractivity contribution in [1.82, 2.24) is 0 Å². The molecule has 0 aliphatic carbocycles. The van der Waals surface area contributed by atoms with Crippen LogP contribution in [0.1, 0.15) is 5.56 Å². The molecule has 3 aromatic carbocycles. The maximum absolute atomic E-state index is 12.0. The normalized spacial score (nSPS) is 10.3. The molecule has 0 saturated heterocycles. The summed E-state index contributed by atoms with van der Waals surface area (Å²) >= 11 is 11.8. The standard InChI is InChI=1S/C21H17Cl2NO3/c22-19-11-6-16(12-20(19)23)24-21(25)14-27-18-9-7-17(8-10-18)26-13-15-4-2-1-3-5-15/h1-12H,13-14H2,(H,24,25). The zero-order chi connectivity index (χ0) is 19.1. The molecule has 0 saturated carbocycles. The molecular formula is C21H17Cl2NO3. The van der Waals surface area contributed by atoms with Crippen molar-refractivity contribution in [2.45, 2.75) is 6.61 Å². The first-order valence-electron chi connectivity index (χ1n) is 8.24. The molecular weight excluding hydrogens is 385 g/mol. The van der Waals surface area contributed by atoms with E-state index in [1.165, 1.54) is 0 Å². The third-order valence-corrected chi connectivity index (χ3v) is 4.38. The highest BCUT2D eigenvalue weighted by Gasteiger charge is 2.06. The second-order valence-corrected chi connectivity index (χ2v) is 6.53. The number of anilines is 1. The Kier molecular flexibility index (Phi) is 6.58. The van der Waals surface area contributed by atoms with Gasteiger partial charge >= 0.3 is 0 Å². The zero-order valence-electron chi connectivity index (χ0n) is 14.3. The lowest BCUT2D eigenvalue weighted by molar-refractivity contribution is -0.118. The fourth-order valence-electron chi connectivity index (χ4n) is 2.29. The number of nitrogens with one attached hydrogen (secondary N) is 1. The van der Waals surface area contributed by atoms with Crippen LogP contribution in [0, 0.1) is 0 Å². The molecule has 0 aliphatic rings. The fourth-order valence-corrected chi connectivity index (χ4v) is 2.59. The van der Waals surface area contributed by atoms with Crippen LogP contribution in [0.2, 0.25) is 10.0 Å². The molecule has 0 atom stereocenters. The van der Waals surface area contributed by atoms with Crippen molar-refractivity contribution >= 4 is 34.8 Å². The first-order valence-corrected chi connectivity index (χ1v) is 9.00. The van der Waals surface area contributed by atoms with Gasteiger partial charge in [-0.25, -0.2) is 0 Å². The Morgan fingerprint density at radius 2 is 1.48 bits per heavy atom. The van der Waals surface area contributed by atoms with Gasteiger partial charge in [0.15, 0.2) is 6.61 Å². The van der Waals surface area contributed by atoms with E-state index in [2.05, 4.69) is 5.32 Å². The number of rotatable bonds is 7. The molecule has 27 heavy (non-hydrogen) atoms. The summed E-state index contributed by atoms with van der Waals surface area (Å²) < 4.78 is 11.2. The largest absolute Gasteiger partial charge is 0.489 e. The van der Waals surface area contributed by atoms with Crippen LogP contribution in [0.4, 0.5) is 5.69 Å². The lowest BCUT2D eigenvalue weighted by Crippen LogP contribution is -2.20. The summed E-state index contributed by atoms with van der Waals surface area (Å²) in [5, 5.41) is 3.51. The number of amides is 1. The van der Waals surface area contributed by atoms with Gasteiger partial charge in [-0.15, -0.1) is 0 Å². The van der Waals surface area contributed by atoms with E-state index in [4.69, 9.17) is 32.7 Å². The molecule has 138 valence electrons. The zero-order valence-corrected chi connectivity index (χ0v) is 15.8. The first kappa shape index (κ1) is 19.1. The van der Waals surface area contributed by atoms with Gasteiger partial charge in [0.1, 0.15) is 18.1 Å². The van der Waals surface area contributed by atoms with E-state index in [0.29, 0.717) is 28.1 Å². The van der Waals surface area contributed by atoms with Gasteiger partial charge in [-0.2, -0.15) is 0 Å². The Labute approximate surface area is 167 Å². The Morgan fingerprint density at radius 3 is 2.15 bits per heavy atom. The van der Waals surface area contributed by atoms with Crippen molar-refractivity contribution in [3.8, 4) is 11.5 Å². The van der Waals surface area contributed by atoms with E-state index in [-0.39, 0.29) is 12.5 Å². The van der Waals surface area contributed by atoms with Crippen molar-refractivity contribution in [1.29, 1.82) is 0 Å². The lowest BCUT2D eigenvalue weighted by Gasteiger charge is -2.10. The van der Waals surface area contributed by atoms with Crippen LogP contribution in [0.3, 0.4) is 0 Å². The molecule has 0 spiro atoms. The molecule has 0 aromatic heterocycles. The smallest absolute Gasteiger partial charge is 0.262 e. The highest BCUT2D eigenvalue weighted by atomic mass is 35.5. The molecule has 0 fully saturated rings. The number of benzene rings is 3. The summed E-state index contributed by atoms with van der Waals surface area (Å²) in [5.74, 6) is 1.01. The van der Waals surface area contributed by atoms with Crippen LogP contribution in [-0.2, 0) is 11.4 Å². The molecule has 3 aromatic rings. The van der Waals surface area contributed by atoms with E-state index in [0.717, 1.165) is 11.3 Å². The molecule has 4 nitrogen and oxygen atoms in total. The average Bonchev–Trinajstić information content (AvgIpc) is 2.69. The summed E-state index contributed by atoms with van der Waals surface area (Å²) in [5.41, 5.74) is 1.65. The van der Waals surface area contributed by atoms with Gasteiger partial charge < -0.3 is 14.8 Å². The minimum Gasteiger partial charge on any atom is -0.489 e. The first-order chi connectivity index (χ1) is 13.1. The molecule has 0 bridgehead atoms. The third kappa shape index (κ3) is 5.91. The Morgan fingerprint density at radius 1 is 0.815 bits per heavy atom. The number of ether oxygens (including phenoxy) is 2. The summed E-state index contributed by atoms with van der Waals surface area (Å²) in [6.07, 6.45) is 0. The minimum atomic E-state index is -0.294. The summed E-state index contributed by atoms with van der Waals surface area (Å²) in [6, 6.07) is 21.9. The van der Waals surface area contributed by atoms with Crippen molar-refractivity contribution in [2.75, 3.05) is 11.9 Å². The van der Waals surface area contributed by atoms with Crippen LogP contribution in [0.25, 0.3) is 0 Å². The predicted octanol–water partition coefficient (Wildman–Crippen LogP) is 5.59. The molecule has 0 radical (unpaired) electrons. The van der Waals surface area contributed by atoms with Gasteiger partial charge in [0.05, 0.1) is 10.0 Å². The summed E-state index contributed by atoms with van der Waals surface area (Å²) in [4.78, 5) is 12.0. The Hall–Kier alpha value is -2.69. The van der Waals surface area contributed by atoms with E-state index in [9.17, 15) is 4.79 Å². The predicted molar refractivity (Wildman–Crippen MR) is 108 cm³/mol. The molecule has 3 rings (SSSR count). The maximum atomic E-state index is 12.0. The van der Waals surface area contributed by atoms with Crippen molar-refractivity contribution in [3.63, 3.8) is 0 Å². The second-order valence-electron chi connectivity index (χ2n) is 5.71. The third-order valence-electron chi connectivity index (χ3n) is 3.65. The number of hydrogen-bond donors (Lipinski definition) is 1. The van der Waals surface area contributed by atoms with E-state index >= 15 is 0 Å². The molecule has 0 unspecified atom stereocenters. The second kappa shape index (κ2) is 9.31. The quantitative estimate of drug-likeness (QED) is 0.561. The Bertz CT molecular complexity index is 899. The van der Waals surface area contributed by atoms with Gasteiger partial charge in [-0.1, -0.05) is 53.5 Å². The number of halogens is 2. The molecule has 1 amide bonds. The van der Waals surface area contributed by atoms with Gasteiger partial charge in [0.2, 0.25) is 0 Å². The highest BCUT2D eigenvalue weighted by Crippen LogP contribution is 2.25. The van der Waals surface area contributed by atoms with Gasteiger partial charge in [0.25, 0.3) is 5.91 Å². The van der Waals surface area contributed by atoms with Crippen LogP contribution in [-0.4, -0.2) is 12.5 Å². The average molecular weight is 402 g/mol. The fraction of sp³-hybridized carbons (Fsp3) is 0.0952. The monoisotopic (exact) mass is 401 g/mol. The molecule has 6 heteroatoms. The molecule has 0 aliphatic heterocycles. The van der Waals surface area contributed by atoms with Crippen molar-refractivity contribution < 1.29 is 14.3 Å². The van der Waals surface area contributed by atoms with Crippen LogP contribution < -0.4 is 14.8 Å². The van der Waals surface area contributed by atoms with Crippen LogP contribution in [0.5, 0.6) is 11.5 Å². The number of carbonyl (C=O) groups excluding carboxylic acids is 1. The van der Waals surface area contributed by atoms with Crippen molar-refractivity contribution in [3.05, 3.63) is 88.4 Å². The number of hydrogen-bond acceptors (Lipinski definition) is 3. The van der Waals surface area contributed by atoms with Gasteiger partial charge in [-0.3, -0.25) is 4.79 Å².